The van der Waals surface area contributed by atoms with E-state index in [-0.39, 0.29) is 11.9 Å². The Balaban J connectivity index is 2.92. The first-order valence-corrected chi connectivity index (χ1v) is 6.74. The van der Waals surface area contributed by atoms with E-state index < -0.39 is 0 Å². The second-order valence-electron chi connectivity index (χ2n) is 3.55. The minimum Gasteiger partial charge on any atom is -0.338 e. The van der Waals surface area contributed by atoms with Crippen LogP contribution in [0.2, 0.25) is 5.02 Å². The van der Waals surface area contributed by atoms with Gasteiger partial charge in [0.1, 0.15) is 0 Å². The van der Waals surface area contributed by atoms with E-state index in [1.807, 2.05) is 13.0 Å². The molecule has 16 heavy (non-hydrogen) atoms. The van der Waals surface area contributed by atoms with Gasteiger partial charge < -0.3 is 4.90 Å². The number of alkyl halides is 1. The highest BCUT2D eigenvalue weighted by atomic mass is 127. The second-order valence-corrected chi connectivity index (χ2v) is 5.43. The summed E-state index contributed by atoms with van der Waals surface area (Å²) in [5.41, 5.74) is 0.588. The van der Waals surface area contributed by atoms with Crippen molar-refractivity contribution in [3.63, 3.8) is 0 Å². The van der Waals surface area contributed by atoms with Crippen LogP contribution in [0.3, 0.4) is 0 Å². The number of hydrogen-bond donors (Lipinski definition) is 0. The topological polar surface area (TPSA) is 20.3 Å². The van der Waals surface area contributed by atoms with Crippen LogP contribution in [-0.2, 0) is 0 Å². The molecule has 0 aliphatic rings. The van der Waals surface area contributed by atoms with Gasteiger partial charge in [0.05, 0.1) is 5.02 Å². The fourth-order valence-corrected chi connectivity index (χ4v) is 1.86. The molecule has 1 aromatic rings. The summed E-state index contributed by atoms with van der Waals surface area (Å²) in [6.45, 7) is 1.90. The first-order valence-electron chi connectivity index (χ1n) is 4.75. The van der Waals surface area contributed by atoms with Gasteiger partial charge in [0.25, 0.3) is 5.91 Å². The van der Waals surface area contributed by atoms with Crippen LogP contribution in [0.5, 0.6) is 0 Å². The quantitative estimate of drug-likeness (QED) is 0.586. The fraction of sp³-hybridized carbons (Fsp3) is 0.364. The summed E-state index contributed by atoms with van der Waals surface area (Å²) in [5.74, 6) is 0.354. The van der Waals surface area contributed by atoms with Crippen LogP contribution in [0.15, 0.2) is 18.2 Å². The van der Waals surface area contributed by atoms with Gasteiger partial charge in [-0.05, 0) is 47.7 Å². The van der Waals surface area contributed by atoms with Gasteiger partial charge in [0.2, 0.25) is 0 Å². The van der Waals surface area contributed by atoms with E-state index >= 15 is 0 Å². The predicted molar refractivity (Wildman–Crippen MR) is 76.4 cm³/mol. The van der Waals surface area contributed by atoms with Crippen molar-refractivity contribution in [3.8, 4) is 0 Å². The zero-order valence-corrected chi connectivity index (χ0v) is 12.7. The molecule has 2 nitrogen and oxygen atoms in total. The summed E-state index contributed by atoms with van der Waals surface area (Å²) in [7, 11) is 1.74. The normalized spacial score (nSPS) is 12.3. The number of carbonyl (C=O) groups excluding carboxylic acids is 1. The summed E-state index contributed by atoms with van der Waals surface area (Å²) in [6, 6.07) is 5.29. The number of hydrogen-bond acceptors (Lipinski definition) is 1. The number of halogens is 3. The Morgan fingerprint density at radius 1 is 1.56 bits per heavy atom. The summed E-state index contributed by atoms with van der Waals surface area (Å²) in [6.07, 6.45) is 0. The molecule has 0 heterocycles. The van der Waals surface area contributed by atoms with Crippen LogP contribution < -0.4 is 0 Å². The molecule has 1 rings (SSSR count). The van der Waals surface area contributed by atoms with Gasteiger partial charge in [-0.2, -0.15) is 0 Å². The monoisotopic (exact) mass is 371 g/mol. The molecule has 1 atom stereocenters. The number of benzene rings is 1. The van der Waals surface area contributed by atoms with Gasteiger partial charge >= 0.3 is 0 Å². The molecule has 0 saturated carbocycles. The maximum Gasteiger partial charge on any atom is 0.253 e. The molecule has 0 aliphatic heterocycles. The van der Waals surface area contributed by atoms with Crippen LogP contribution in [0.1, 0.15) is 17.3 Å². The molecule has 0 fully saturated rings. The van der Waals surface area contributed by atoms with E-state index in [1.54, 1.807) is 24.1 Å². The van der Waals surface area contributed by atoms with E-state index in [9.17, 15) is 4.79 Å². The third-order valence-electron chi connectivity index (χ3n) is 2.37. The predicted octanol–water partition coefficient (Wildman–Crippen LogP) is 3.64. The summed E-state index contributed by atoms with van der Waals surface area (Å²) >= 11 is 13.8. The molecule has 0 saturated heterocycles. The lowest BCUT2D eigenvalue weighted by molar-refractivity contribution is 0.0756. The van der Waals surface area contributed by atoms with Gasteiger partial charge in [-0.25, -0.2) is 0 Å². The SMILES string of the molecule is CC(CCl)N(C)C(=O)c1ccc(I)c(Cl)c1. The third kappa shape index (κ3) is 3.25. The van der Waals surface area contributed by atoms with Gasteiger partial charge in [0, 0.05) is 28.1 Å². The standard InChI is InChI=1S/C11H12Cl2INO/c1-7(6-12)15(2)11(16)8-3-4-10(14)9(13)5-8/h3-5,7H,6H2,1-2H3. The Kier molecular flexibility index (Phi) is 5.34. The maximum atomic E-state index is 12.0. The Hall–Kier alpha value is -0.0000000000000000555. The molecule has 0 aliphatic carbocycles. The van der Waals surface area contributed by atoms with Crippen molar-refractivity contribution < 1.29 is 4.79 Å². The Bertz CT molecular complexity index is 398. The molecule has 88 valence electrons. The Morgan fingerprint density at radius 3 is 2.69 bits per heavy atom. The van der Waals surface area contributed by atoms with Crippen molar-refractivity contribution in [1.82, 2.24) is 4.90 Å². The van der Waals surface area contributed by atoms with Crippen LogP contribution >= 0.6 is 45.8 Å². The molecule has 0 aromatic heterocycles. The second kappa shape index (κ2) is 6.07. The molecule has 0 radical (unpaired) electrons. The largest absolute Gasteiger partial charge is 0.338 e. The zero-order chi connectivity index (χ0) is 12.3. The highest BCUT2D eigenvalue weighted by Gasteiger charge is 2.17. The molecular formula is C11H12Cl2INO. The lowest BCUT2D eigenvalue weighted by Gasteiger charge is -2.23. The number of amides is 1. The van der Waals surface area contributed by atoms with E-state index in [0.29, 0.717) is 16.5 Å². The molecule has 1 unspecified atom stereocenters. The molecule has 1 aromatic carbocycles. The van der Waals surface area contributed by atoms with E-state index in [1.165, 1.54) is 0 Å². The van der Waals surface area contributed by atoms with E-state index in [2.05, 4.69) is 22.6 Å². The van der Waals surface area contributed by atoms with Crippen molar-refractivity contribution in [2.75, 3.05) is 12.9 Å². The lowest BCUT2D eigenvalue weighted by atomic mass is 10.2. The fourth-order valence-electron chi connectivity index (χ4n) is 1.14. The van der Waals surface area contributed by atoms with Crippen molar-refractivity contribution >= 4 is 51.7 Å². The molecule has 5 heteroatoms. The maximum absolute atomic E-state index is 12.0. The molecule has 0 N–H and O–H groups in total. The van der Waals surface area contributed by atoms with E-state index in [4.69, 9.17) is 23.2 Å². The number of nitrogens with zero attached hydrogens (tertiary/aromatic N) is 1. The van der Waals surface area contributed by atoms with Crippen LogP contribution in [0, 0.1) is 3.57 Å². The highest BCUT2D eigenvalue weighted by Crippen LogP contribution is 2.20. The smallest absolute Gasteiger partial charge is 0.253 e. The Labute approximate surface area is 119 Å². The highest BCUT2D eigenvalue weighted by molar-refractivity contribution is 14.1. The minimum absolute atomic E-state index is 0.00669. The van der Waals surface area contributed by atoms with Crippen molar-refractivity contribution in [2.45, 2.75) is 13.0 Å². The summed E-state index contributed by atoms with van der Waals surface area (Å²) in [5, 5.41) is 0.596. The zero-order valence-electron chi connectivity index (χ0n) is 9.01. The van der Waals surface area contributed by atoms with Gasteiger partial charge in [-0.1, -0.05) is 11.6 Å². The first kappa shape index (κ1) is 14.1. The van der Waals surface area contributed by atoms with Crippen LogP contribution in [0.25, 0.3) is 0 Å². The number of carbonyl (C=O) groups is 1. The van der Waals surface area contributed by atoms with Gasteiger partial charge in [-0.3, -0.25) is 4.79 Å². The summed E-state index contributed by atoms with van der Waals surface area (Å²) < 4.78 is 0.934. The van der Waals surface area contributed by atoms with Gasteiger partial charge in [0.15, 0.2) is 0 Å². The van der Waals surface area contributed by atoms with Crippen LogP contribution in [0.4, 0.5) is 0 Å². The Morgan fingerprint density at radius 2 is 2.19 bits per heavy atom. The summed E-state index contributed by atoms with van der Waals surface area (Å²) in [4.78, 5) is 13.6. The van der Waals surface area contributed by atoms with E-state index in [0.717, 1.165) is 3.57 Å². The molecule has 0 bridgehead atoms. The molecular weight excluding hydrogens is 360 g/mol. The number of rotatable bonds is 3. The molecule has 0 spiro atoms. The van der Waals surface area contributed by atoms with Crippen LogP contribution in [-0.4, -0.2) is 29.8 Å². The average molecular weight is 372 g/mol. The lowest BCUT2D eigenvalue weighted by Crippen LogP contribution is -2.36. The average Bonchev–Trinajstić information content (AvgIpc) is 2.29. The first-order chi connectivity index (χ1) is 7.47. The van der Waals surface area contributed by atoms with Crippen molar-refractivity contribution in [2.24, 2.45) is 0 Å². The molecule has 1 amide bonds. The van der Waals surface area contributed by atoms with Crippen molar-refractivity contribution in [3.05, 3.63) is 32.4 Å². The van der Waals surface area contributed by atoms with Gasteiger partial charge in [-0.15, -0.1) is 11.6 Å². The minimum atomic E-state index is -0.0635. The third-order valence-corrected chi connectivity index (χ3v) is 4.39. The van der Waals surface area contributed by atoms with Crippen molar-refractivity contribution in [1.29, 1.82) is 0 Å².